The Hall–Kier alpha value is -0.120. The van der Waals surface area contributed by atoms with Crippen LogP contribution in [0.15, 0.2) is 0 Å². The summed E-state index contributed by atoms with van der Waals surface area (Å²) in [5.41, 5.74) is -0.0894. The van der Waals surface area contributed by atoms with Gasteiger partial charge in [0.2, 0.25) is 0 Å². The number of unbranched alkanes of at least 4 members (excludes halogenated alkanes) is 1. The van der Waals surface area contributed by atoms with E-state index in [4.69, 9.17) is 0 Å². The van der Waals surface area contributed by atoms with E-state index in [1.807, 2.05) is 0 Å². The largest absolute Gasteiger partial charge is 0.394 e. The van der Waals surface area contributed by atoms with Crippen LogP contribution in [0.4, 0.5) is 0 Å². The molecule has 2 N–H and O–H groups in total. The molecule has 0 bridgehead atoms. The molecule has 0 saturated heterocycles. The van der Waals surface area contributed by atoms with Crippen LogP contribution in [0.2, 0.25) is 0 Å². The average Bonchev–Trinajstić information content (AvgIpc) is 2.49. The maximum Gasteiger partial charge on any atom is 0.0610 e. The van der Waals surface area contributed by atoms with E-state index < -0.39 is 0 Å². The summed E-state index contributed by atoms with van der Waals surface area (Å²) >= 11 is 0. The Kier molecular flexibility index (Phi) is 8.84. The SMILES string of the molecule is CCCNC(C)(CO)CCCCN(C)C1CCCC(C)C1. The van der Waals surface area contributed by atoms with Crippen molar-refractivity contribution in [3.05, 3.63) is 0 Å². The Morgan fingerprint density at radius 3 is 2.67 bits per heavy atom. The standard InChI is InChI=1S/C18H38N2O/c1-5-12-19-18(3,15-21)11-6-7-13-20(4)17-10-8-9-16(2)14-17/h16-17,19,21H,5-15H2,1-4H3. The summed E-state index contributed by atoms with van der Waals surface area (Å²) in [6, 6.07) is 0.802. The molecule has 1 aliphatic carbocycles. The molecule has 0 spiro atoms. The number of nitrogens with one attached hydrogen (secondary N) is 1. The fourth-order valence-electron chi connectivity index (χ4n) is 3.51. The highest BCUT2D eigenvalue weighted by atomic mass is 16.3. The molecule has 0 aromatic rings. The fraction of sp³-hybridized carbons (Fsp3) is 1.00. The van der Waals surface area contributed by atoms with Gasteiger partial charge in [0.1, 0.15) is 0 Å². The van der Waals surface area contributed by atoms with Crippen molar-refractivity contribution in [1.29, 1.82) is 0 Å². The van der Waals surface area contributed by atoms with Gasteiger partial charge in [-0.05, 0) is 65.1 Å². The van der Waals surface area contributed by atoms with Crippen LogP contribution in [0.1, 0.15) is 72.1 Å². The van der Waals surface area contributed by atoms with E-state index in [9.17, 15) is 5.11 Å². The second kappa shape index (κ2) is 9.81. The zero-order valence-corrected chi connectivity index (χ0v) is 14.8. The van der Waals surface area contributed by atoms with Gasteiger partial charge in [0.15, 0.2) is 0 Å². The molecular formula is C18H38N2O. The van der Waals surface area contributed by atoms with E-state index in [-0.39, 0.29) is 12.1 Å². The average molecular weight is 299 g/mol. The minimum absolute atomic E-state index is 0.0894. The maximum atomic E-state index is 9.58. The summed E-state index contributed by atoms with van der Waals surface area (Å²) in [5, 5.41) is 13.1. The molecule has 0 amide bonds. The maximum absolute atomic E-state index is 9.58. The first-order valence-electron chi connectivity index (χ1n) is 9.07. The Morgan fingerprint density at radius 1 is 1.29 bits per heavy atom. The van der Waals surface area contributed by atoms with E-state index in [2.05, 4.69) is 38.0 Å². The third-order valence-electron chi connectivity index (χ3n) is 5.17. The molecule has 1 rings (SSSR count). The number of hydrogen-bond donors (Lipinski definition) is 2. The molecule has 0 aliphatic heterocycles. The summed E-state index contributed by atoms with van der Waals surface area (Å²) in [4.78, 5) is 2.57. The van der Waals surface area contributed by atoms with E-state index >= 15 is 0 Å². The molecule has 126 valence electrons. The lowest BCUT2D eigenvalue weighted by Crippen LogP contribution is -2.46. The highest BCUT2D eigenvalue weighted by molar-refractivity contribution is 4.82. The molecule has 21 heavy (non-hydrogen) atoms. The highest BCUT2D eigenvalue weighted by Gasteiger charge is 2.23. The van der Waals surface area contributed by atoms with Gasteiger partial charge < -0.3 is 15.3 Å². The Morgan fingerprint density at radius 2 is 2.05 bits per heavy atom. The van der Waals surface area contributed by atoms with Gasteiger partial charge in [-0.25, -0.2) is 0 Å². The second-order valence-electron chi connectivity index (χ2n) is 7.51. The smallest absolute Gasteiger partial charge is 0.0610 e. The van der Waals surface area contributed by atoms with Crippen LogP contribution < -0.4 is 5.32 Å². The van der Waals surface area contributed by atoms with Gasteiger partial charge in [0.25, 0.3) is 0 Å². The monoisotopic (exact) mass is 298 g/mol. The van der Waals surface area contributed by atoms with Crippen LogP contribution in [0.3, 0.4) is 0 Å². The van der Waals surface area contributed by atoms with Gasteiger partial charge in [0.05, 0.1) is 6.61 Å². The minimum atomic E-state index is -0.0894. The van der Waals surface area contributed by atoms with Crippen molar-refractivity contribution in [3.63, 3.8) is 0 Å². The lowest BCUT2D eigenvalue weighted by atomic mass is 9.86. The minimum Gasteiger partial charge on any atom is -0.394 e. The number of aliphatic hydroxyl groups is 1. The van der Waals surface area contributed by atoms with Crippen LogP contribution in [0.5, 0.6) is 0 Å². The molecule has 3 heteroatoms. The van der Waals surface area contributed by atoms with E-state index in [0.717, 1.165) is 31.3 Å². The van der Waals surface area contributed by atoms with Crippen molar-refractivity contribution in [1.82, 2.24) is 10.2 Å². The van der Waals surface area contributed by atoms with E-state index in [0.29, 0.717) is 0 Å². The second-order valence-corrected chi connectivity index (χ2v) is 7.51. The number of aliphatic hydroxyl groups excluding tert-OH is 1. The van der Waals surface area contributed by atoms with Gasteiger partial charge in [-0.2, -0.15) is 0 Å². The predicted octanol–water partition coefficient (Wildman–Crippen LogP) is 3.42. The quantitative estimate of drug-likeness (QED) is 0.607. The molecule has 3 nitrogen and oxygen atoms in total. The summed E-state index contributed by atoms with van der Waals surface area (Å²) in [5.74, 6) is 0.905. The van der Waals surface area contributed by atoms with Crippen LogP contribution in [-0.2, 0) is 0 Å². The highest BCUT2D eigenvalue weighted by Crippen LogP contribution is 2.26. The molecule has 0 aromatic carbocycles. The van der Waals surface area contributed by atoms with Gasteiger partial charge in [-0.15, -0.1) is 0 Å². The number of nitrogens with zero attached hydrogens (tertiary/aromatic N) is 1. The van der Waals surface area contributed by atoms with E-state index in [1.54, 1.807) is 0 Å². The Bertz CT molecular complexity index is 272. The number of hydrogen-bond acceptors (Lipinski definition) is 3. The first kappa shape index (κ1) is 18.9. The van der Waals surface area contributed by atoms with Crippen molar-refractivity contribution in [2.45, 2.75) is 83.7 Å². The summed E-state index contributed by atoms with van der Waals surface area (Å²) in [7, 11) is 2.29. The molecular weight excluding hydrogens is 260 g/mol. The van der Waals surface area contributed by atoms with Crippen molar-refractivity contribution < 1.29 is 5.11 Å². The van der Waals surface area contributed by atoms with Gasteiger partial charge in [-0.3, -0.25) is 0 Å². The van der Waals surface area contributed by atoms with Crippen molar-refractivity contribution >= 4 is 0 Å². The third-order valence-corrected chi connectivity index (χ3v) is 5.17. The van der Waals surface area contributed by atoms with Crippen molar-refractivity contribution in [2.75, 3.05) is 26.7 Å². The first-order chi connectivity index (χ1) is 10.0. The van der Waals surface area contributed by atoms with Crippen LogP contribution in [0.25, 0.3) is 0 Å². The zero-order chi connectivity index (χ0) is 15.7. The molecule has 0 radical (unpaired) electrons. The molecule has 1 aliphatic rings. The van der Waals surface area contributed by atoms with Crippen LogP contribution in [0, 0.1) is 5.92 Å². The topological polar surface area (TPSA) is 35.5 Å². The van der Waals surface area contributed by atoms with Crippen LogP contribution in [-0.4, -0.2) is 48.3 Å². The molecule has 3 unspecified atom stereocenters. The van der Waals surface area contributed by atoms with Crippen molar-refractivity contribution in [3.8, 4) is 0 Å². The number of rotatable bonds is 10. The summed E-state index contributed by atoms with van der Waals surface area (Å²) in [6.07, 6.45) is 10.2. The normalized spacial score (nSPS) is 26.0. The lowest BCUT2D eigenvalue weighted by Gasteiger charge is -2.34. The van der Waals surface area contributed by atoms with E-state index in [1.165, 1.54) is 45.1 Å². The van der Waals surface area contributed by atoms with Gasteiger partial charge >= 0.3 is 0 Å². The van der Waals surface area contributed by atoms with Crippen molar-refractivity contribution in [2.24, 2.45) is 5.92 Å². The molecule has 0 aromatic heterocycles. The fourth-order valence-corrected chi connectivity index (χ4v) is 3.51. The lowest BCUT2D eigenvalue weighted by molar-refractivity contribution is 0.148. The predicted molar refractivity (Wildman–Crippen MR) is 91.7 cm³/mol. The first-order valence-corrected chi connectivity index (χ1v) is 9.07. The zero-order valence-electron chi connectivity index (χ0n) is 14.8. The van der Waals surface area contributed by atoms with Gasteiger partial charge in [-0.1, -0.05) is 33.1 Å². The Balaban J connectivity index is 2.19. The van der Waals surface area contributed by atoms with Gasteiger partial charge in [0, 0.05) is 11.6 Å². The third kappa shape index (κ3) is 7.12. The summed E-state index contributed by atoms with van der Waals surface area (Å²) < 4.78 is 0. The summed E-state index contributed by atoms with van der Waals surface area (Å²) in [6.45, 7) is 9.15. The molecule has 1 fully saturated rings. The molecule has 1 saturated carbocycles. The molecule has 0 heterocycles. The Labute approximate surface area is 132 Å². The van der Waals surface area contributed by atoms with Crippen LogP contribution >= 0.6 is 0 Å². The molecule has 3 atom stereocenters.